The number of anilines is 3. The number of nitriles is 1. The predicted octanol–water partition coefficient (Wildman–Crippen LogP) is 6.51. The van der Waals surface area contributed by atoms with Gasteiger partial charge in [-0.3, -0.25) is 9.78 Å². The maximum atomic E-state index is 13.6. The van der Waals surface area contributed by atoms with Crippen LogP contribution in [-0.4, -0.2) is 56.5 Å². The largest absolute Gasteiger partial charge is 0.487 e. The summed E-state index contributed by atoms with van der Waals surface area (Å²) in [6.07, 6.45) is 5.20. The Morgan fingerprint density at radius 2 is 2.11 bits per heavy atom. The summed E-state index contributed by atoms with van der Waals surface area (Å²) in [5.41, 5.74) is 2.99. The van der Waals surface area contributed by atoms with Crippen LogP contribution in [-0.2, 0) is 20.9 Å². The molecule has 0 bridgehead atoms. The van der Waals surface area contributed by atoms with Crippen molar-refractivity contribution >= 4 is 45.5 Å². The van der Waals surface area contributed by atoms with Crippen LogP contribution in [0.5, 0.6) is 11.5 Å². The van der Waals surface area contributed by atoms with Gasteiger partial charge in [0, 0.05) is 55.5 Å². The molecule has 1 saturated heterocycles. The molecule has 1 aliphatic heterocycles. The van der Waals surface area contributed by atoms with Crippen molar-refractivity contribution in [3.63, 3.8) is 0 Å². The lowest BCUT2D eigenvalue weighted by Gasteiger charge is -2.19. The minimum atomic E-state index is -0.346. The summed E-state index contributed by atoms with van der Waals surface area (Å²) in [5, 5.41) is 20.3. The Morgan fingerprint density at radius 3 is 2.87 bits per heavy atom. The van der Waals surface area contributed by atoms with Gasteiger partial charge in [0.05, 0.1) is 47.3 Å². The highest BCUT2D eigenvalue weighted by molar-refractivity contribution is 6.32. The number of carbonyl (C=O) groups is 1. The van der Waals surface area contributed by atoms with E-state index in [1.54, 1.807) is 48.5 Å². The second-order valence-electron chi connectivity index (χ2n) is 10.6. The van der Waals surface area contributed by atoms with Crippen LogP contribution in [0, 0.1) is 17.1 Å². The Hall–Kier alpha value is -4.73. The van der Waals surface area contributed by atoms with Crippen molar-refractivity contribution in [2.24, 2.45) is 0 Å². The van der Waals surface area contributed by atoms with Crippen LogP contribution in [0.15, 0.2) is 72.9 Å². The molecular formula is C35H35ClFN5O5. The maximum Gasteiger partial charge on any atom is 0.248 e. The van der Waals surface area contributed by atoms with E-state index in [1.807, 2.05) is 6.92 Å². The zero-order chi connectivity index (χ0) is 33.0. The summed E-state index contributed by atoms with van der Waals surface area (Å²) in [7, 11) is 0. The number of hydrogen-bond donors (Lipinski definition) is 3. The molecule has 4 aromatic rings. The number of rotatable bonds is 15. The van der Waals surface area contributed by atoms with Crippen molar-refractivity contribution < 1.29 is 28.1 Å². The van der Waals surface area contributed by atoms with Crippen LogP contribution in [0.3, 0.4) is 0 Å². The number of amides is 1. The van der Waals surface area contributed by atoms with Crippen LogP contribution in [0.2, 0.25) is 5.02 Å². The van der Waals surface area contributed by atoms with E-state index in [0.29, 0.717) is 89.6 Å². The molecule has 1 aromatic heterocycles. The van der Waals surface area contributed by atoms with Crippen LogP contribution < -0.4 is 25.4 Å². The van der Waals surface area contributed by atoms with Gasteiger partial charge in [-0.1, -0.05) is 29.8 Å². The number of nitrogens with one attached hydrogen (secondary N) is 3. The molecule has 1 amide bonds. The summed E-state index contributed by atoms with van der Waals surface area (Å²) in [6.45, 7) is 5.53. The number of carbonyl (C=O) groups excluding carboxylic acids is 1. The fourth-order valence-electron chi connectivity index (χ4n) is 4.86. The predicted molar refractivity (Wildman–Crippen MR) is 179 cm³/mol. The number of nitrogens with zero attached hydrogens (tertiary/aromatic N) is 2. The molecule has 0 spiro atoms. The first-order chi connectivity index (χ1) is 22.9. The molecule has 244 valence electrons. The van der Waals surface area contributed by atoms with Crippen LogP contribution in [0.4, 0.5) is 21.5 Å². The third-order valence-corrected chi connectivity index (χ3v) is 7.47. The molecular weight excluding hydrogens is 625 g/mol. The minimum absolute atomic E-state index is 0.142. The molecule has 5 rings (SSSR count). The highest BCUT2D eigenvalue weighted by atomic mass is 35.5. The van der Waals surface area contributed by atoms with E-state index in [-0.39, 0.29) is 30.0 Å². The Bertz CT molecular complexity index is 1770. The Labute approximate surface area is 277 Å². The lowest BCUT2D eigenvalue weighted by atomic mass is 10.1. The van der Waals surface area contributed by atoms with Gasteiger partial charge in [-0.25, -0.2) is 4.39 Å². The highest BCUT2D eigenvalue weighted by Gasteiger charge is 2.21. The first-order valence-corrected chi connectivity index (χ1v) is 15.6. The van der Waals surface area contributed by atoms with E-state index >= 15 is 0 Å². The van der Waals surface area contributed by atoms with Gasteiger partial charge >= 0.3 is 0 Å². The molecule has 1 unspecified atom stereocenters. The molecule has 10 nitrogen and oxygen atoms in total. The van der Waals surface area contributed by atoms with E-state index in [2.05, 4.69) is 27.0 Å². The summed E-state index contributed by atoms with van der Waals surface area (Å²) in [5.74, 6) is 0.168. The molecule has 2 heterocycles. The number of hydrogen-bond acceptors (Lipinski definition) is 9. The van der Waals surface area contributed by atoms with E-state index < -0.39 is 0 Å². The average molecular weight is 660 g/mol. The number of ether oxygens (including phenoxy) is 4. The molecule has 1 aliphatic rings. The molecule has 12 heteroatoms. The molecule has 1 atom stereocenters. The third-order valence-electron chi connectivity index (χ3n) is 7.17. The van der Waals surface area contributed by atoms with Gasteiger partial charge in [0.2, 0.25) is 5.91 Å². The van der Waals surface area contributed by atoms with Gasteiger partial charge in [0.1, 0.15) is 36.1 Å². The molecule has 47 heavy (non-hydrogen) atoms. The number of aromatic nitrogens is 1. The van der Waals surface area contributed by atoms with E-state index in [0.717, 1.165) is 6.42 Å². The SMILES string of the molecule is CCOCCNC/C=C/C(=O)Nc1cc2c(Nc3ccc(OCc4cccc(F)c4)c(Cl)c3)c(C#N)cnc2cc1OC1CCOC1. The lowest BCUT2D eigenvalue weighted by molar-refractivity contribution is -0.111. The highest BCUT2D eigenvalue weighted by Crippen LogP contribution is 2.38. The molecule has 3 aromatic carbocycles. The average Bonchev–Trinajstić information content (AvgIpc) is 3.58. The Kier molecular flexibility index (Phi) is 12.0. The van der Waals surface area contributed by atoms with Crippen molar-refractivity contribution in [1.29, 1.82) is 5.26 Å². The summed E-state index contributed by atoms with van der Waals surface area (Å²) >= 11 is 6.55. The maximum absolute atomic E-state index is 13.6. The summed E-state index contributed by atoms with van der Waals surface area (Å²) in [4.78, 5) is 17.4. The van der Waals surface area contributed by atoms with Crippen molar-refractivity contribution in [2.45, 2.75) is 26.1 Å². The Balaban J connectivity index is 1.39. The molecule has 0 saturated carbocycles. The van der Waals surface area contributed by atoms with Gasteiger partial charge in [-0.05, 0) is 48.9 Å². The fraction of sp³-hybridized carbons (Fsp3) is 0.286. The second kappa shape index (κ2) is 16.7. The van der Waals surface area contributed by atoms with Crippen molar-refractivity contribution in [3.05, 3.63) is 94.9 Å². The number of fused-ring (bicyclic) bond motifs is 1. The van der Waals surface area contributed by atoms with Gasteiger partial charge in [-0.15, -0.1) is 0 Å². The van der Waals surface area contributed by atoms with E-state index in [9.17, 15) is 14.4 Å². The molecule has 0 aliphatic carbocycles. The van der Waals surface area contributed by atoms with Gasteiger partial charge in [0.25, 0.3) is 0 Å². The standard InChI is InChI=1S/C35H35ClFN5O5/c1-2-44-14-12-39-11-4-7-34(43)42-31-17-28-30(18-33(31)47-27-10-13-45-22-27)40-20-24(19-38)35(28)41-26-8-9-32(29(36)16-26)46-21-23-5-3-6-25(37)15-23/h3-9,15-18,20,27,39H,2,10-14,21-22H2,1H3,(H,40,41)(H,42,43)/b7-4+. The van der Waals surface area contributed by atoms with E-state index in [1.165, 1.54) is 24.4 Å². The van der Waals surface area contributed by atoms with Crippen LogP contribution in [0.25, 0.3) is 10.9 Å². The quantitative estimate of drug-likeness (QED) is 0.0967. The number of pyridine rings is 1. The molecule has 0 radical (unpaired) electrons. The smallest absolute Gasteiger partial charge is 0.248 e. The van der Waals surface area contributed by atoms with E-state index in [4.69, 9.17) is 30.5 Å². The summed E-state index contributed by atoms with van der Waals surface area (Å²) < 4.78 is 36.4. The fourth-order valence-corrected chi connectivity index (χ4v) is 5.10. The second-order valence-corrected chi connectivity index (χ2v) is 11.0. The Morgan fingerprint density at radius 1 is 1.21 bits per heavy atom. The monoisotopic (exact) mass is 659 g/mol. The third kappa shape index (κ3) is 9.40. The number of benzene rings is 3. The van der Waals surface area contributed by atoms with Gasteiger partial charge in [-0.2, -0.15) is 5.26 Å². The lowest BCUT2D eigenvalue weighted by Crippen LogP contribution is -2.20. The zero-order valence-corrected chi connectivity index (χ0v) is 26.6. The van der Waals surface area contributed by atoms with Gasteiger partial charge in [0.15, 0.2) is 0 Å². The van der Waals surface area contributed by atoms with Crippen molar-refractivity contribution in [3.8, 4) is 17.6 Å². The van der Waals surface area contributed by atoms with Gasteiger partial charge < -0.3 is 34.9 Å². The minimum Gasteiger partial charge on any atom is -0.487 e. The zero-order valence-electron chi connectivity index (χ0n) is 25.9. The van der Waals surface area contributed by atoms with Crippen molar-refractivity contribution in [1.82, 2.24) is 10.3 Å². The first-order valence-electron chi connectivity index (χ1n) is 15.2. The number of halogens is 2. The molecule has 1 fully saturated rings. The van der Waals surface area contributed by atoms with Crippen LogP contribution >= 0.6 is 11.6 Å². The molecule has 3 N–H and O–H groups in total. The summed E-state index contributed by atoms with van der Waals surface area (Å²) in [6, 6.07) is 16.9. The first kappa shape index (κ1) is 33.6. The normalized spacial score (nSPS) is 14.3. The topological polar surface area (TPSA) is 127 Å². The van der Waals surface area contributed by atoms with Crippen LogP contribution in [0.1, 0.15) is 24.5 Å². The van der Waals surface area contributed by atoms with Crippen molar-refractivity contribution in [2.75, 3.05) is 50.2 Å².